The van der Waals surface area contributed by atoms with Crippen molar-refractivity contribution in [1.82, 2.24) is 4.57 Å². The molecule has 160 valence electrons. The summed E-state index contributed by atoms with van der Waals surface area (Å²) < 4.78 is 18.6. The van der Waals surface area contributed by atoms with Crippen LogP contribution in [0.5, 0.6) is 5.75 Å². The second-order valence-electron chi connectivity index (χ2n) is 6.72. The first-order valence-electron chi connectivity index (χ1n) is 9.52. The Bertz CT molecular complexity index is 1350. The molecule has 4 rings (SSSR count). The molecule has 0 saturated carbocycles. The van der Waals surface area contributed by atoms with Crippen LogP contribution in [0.15, 0.2) is 66.5 Å². The van der Waals surface area contributed by atoms with Crippen molar-refractivity contribution < 1.29 is 18.7 Å². The summed E-state index contributed by atoms with van der Waals surface area (Å²) >= 11 is 4.51. The van der Waals surface area contributed by atoms with Crippen molar-refractivity contribution in [2.75, 3.05) is 13.7 Å². The molecule has 1 aliphatic rings. The second kappa shape index (κ2) is 8.68. The number of hydrogen-bond donors (Lipinski definition) is 0. The number of allylic oxidation sites excluding steroid dienone is 1. The van der Waals surface area contributed by atoms with E-state index in [4.69, 9.17) is 13.9 Å². The summed E-state index contributed by atoms with van der Waals surface area (Å²) in [6.45, 7) is 3.72. The van der Waals surface area contributed by atoms with E-state index in [2.05, 4.69) is 20.9 Å². The van der Waals surface area contributed by atoms with E-state index < -0.39 is 12.0 Å². The number of halogens is 1. The number of carbonyl (C=O) groups is 1. The van der Waals surface area contributed by atoms with Crippen molar-refractivity contribution in [1.29, 1.82) is 0 Å². The Hall–Kier alpha value is -2.91. The van der Waals surface area contributed by atoms with Crippen LogP contribution in [0.1, 0.15) is 31.2 Å². The Balaban J connectivity index is 1.94. The molecule has 0 fully saturated rings. The van der Waals surface area contributed by atoms with Gasteiger partial charge in [-0.1, -0.05) is 23.5 Å². The van der Waals surface area contributed by atoms with Crippen LogP contribution < -0.4 is 19.6 Å². The number of furan rings is 1. The molecule has 3 heterocycles. The lowest BCUT2D eigenvalue weighted by atomic mass is 9.96. The van der Waals surface area contributed by atoms with Crippen LogP contribution in [-0.2, 0) is 9.53 Å². The number of carbonyl (C=O) groups excluding carboxylic acids is 1. The molecule has 0 saturated heterocycles. The molecule has 0 amide bonds. The van der Waals surface area contributed by atoms with E-state index in [-0.39, 0.29) is 12.2 Å². The average molecular weight is 503 g/mol. The SMILES string of the molecule is CCOC(=O)C1=C(C)N=c2s/c(=C/c3ccc(Br)o3)c(=O)n2[C@H]1c1ccc(OC)cc1. The van der Waals surface area contributed by atoms with Crippen molar-refractivity contribution >= 4 is 39.3 Å². The second-order valence-corrected chi connectivity index (χ2v) is 8.51. The fourth-order valence-corrected chi connectivity index (χ4v) is 4.77. The quantitative estimate of drug-likeness (QED) is 0.500. The molecule has 0 radical (unpaired) electrons. The van der Waals surface area contributed by atoms with Crippen molar-refractivity contribution in [3.05, 3.63) is 83.3 Å². The molecule has 9 heteroatoms. The average Bonchev–Trinajstić information content (AvgIpc) is 3.30. The summed E-state index contributed by atoms with van der Waals surface area (Å²) in [5, 5.41) is 0. The molecule has 1 aromatic carbocycles. The predicted molar refractivity (Wildman–Crippen MR) is 120 cm³/mol. The van der Waals surface area contributed by atoms with E-state index in [1.165, 1.54) is 15.9 Å². The molecule has 1 atom stereocenters. The third-order valence-corrected chi connectivity index (χ3v) is 6.23. The van der Waals surface area contributed by atoms with Crippen LogP contribution in [0.25, 0.3) is 6.08 Å². The highest BCUT2D eigenvalue weighted by molar-refractivity contribution is 9.10. The third-order valence-electron chi connectivity index (χ3n) is 4.82. The summed E-state index contributed by atoms with van der Waals surface area (Å²) in [7, 11) is 1.58. The number of hydrogen-bond acceptors (Lipinski definition) is 7. The smallest absolute Gasteiger partial charge is 0.338 e. The van der Waals surface area contributed by atoms with Gasteiger partial charge in [-0.25, -0.2) is 9.79 Å². The summed E-state index contributed by atoms with van der Waals surface area (Å²) in [4.78, 5) is 31.3. The zero-order valence-electron chi connectivity index (χ0n) is 17.0. The first-order valence-corrected chi connectivity index (χ1v) is 11.1. The normalized spacial score (nSPS) is 16.1. The number of methoxy groups -OCH3 is 1. The van der Waals surface area contributed by atoms with Gasteiger partial charge >= 0.3 is 5.97 Å². The number of nitrogens with zero attached hydrogens (tertiary/aromatic N) is 2. The standard InChI is InChI=1S/C22H19BrN2O5S/c1-4-29-21(27)18-12(2)24-22-25(19(18)13-5-7-14(28-3)8-6-13)20(26)16(31-22)11-15-9-10-17(23)30-15/h5-11,19H,4H2,1-3H3/b16-11+/t19-/m0/s1. The minimum Gasteiger partial charge on any atom is -0.497 e. The molecule has 0 aliphatic carbocycles. The highest BCUT2D eigenvalue weighted by atomic mass is 79.9. The Labute approximate surface area is 190 Å². The van der Waals surface area contributed by atoms with Gasteiger partial charge in [0.1, 0.15) is 11.5 Å². The molecular formula is C22H19BrN2O5S. The number of esters is 1. The van der Waals surface area contributed by atoms with Crippen LogP contribution in [0.4, 0.5) is 0 Å². The van der Waals surface area contributed by atoms with E-state index in [1.54, 1.807) is 51.3 Å². The molecule has 31 heavy (non-hydrogen) atoms. The van der Waals surface area contributed by atoms with Crippen LogP contribution in [0.3, 0.4) is 0 Å². The maximum Gasteiger partial charge on any atom is 0.338 e. The van der Waals surface area contributed by atoms with E-state index in [9.17, 15) is 9.59 Å². The predicted octanol–water partition coefficient (Wildman–Crippen LogP) is 3.16. The minimum absolute atomic E-state index is 0.225. The molecule has 0 unspecified atom stereocenters. The minimum atomic E-state index is -0.660. The third kappa shape index (κ3) is 4.03. The Morgan fingerprint density at radius 2 is 2.03 bits per heavy atom. The van der Waals surface area contributed by atoms with Crippen molar-refractivity contribution in [3.8, 4) is 5.75 Å². The Kier molecular flexibility index (Phi) is 5.97. The maximum atomic E-state index is 13.4. The first-order chi connectivity index (χ1) is 14.9. The summed E-state index contributed by atoms with van der Waals surface area (Å²) in [5.74, 6) is 0.728. The largest absolute Gasteiger partial charge is 0.497 e. The molecule has 3 aromatic rings. The fraction of sp³-hybridized carbons (Fsp3) is 0.227. The van der Waals surface area contributed by atoms with Gasteiger partial charge in [-0.2, -0.15) is 0 Å². The molecular weight excluding hydrogens is 484 g/mol. The summed E-state index contributed by atoms with van der Waals surface area (Å²) in [5.41, 5.74) is 1.36. The Morgan fingerprint density at radius 3 is 2.65 bits per heavy atom. The number of ether oxygens (including phenoxy) is 2. The number of fused-ring (bicyclic) bond motifs is 1. The van der Waals surface area contributed by atoms with Gasteiger partial charge in [0.25, 0.3) is 5.56 Å². The van der Waals surface area contributed by atoms with Gasteiger partial charge in [-0.3, -0.25) is 9.36 Å². The molecule has 2 aromatic heterocycles. The number of aromatic nitrogens is 1. The summed E-state index contributed by atoms with van der Waals surface area (Å²) in [6.07, 6.45) is 1.67. The molecule has 1 aliphatic heterocycles. The maximum absolute atomic E-state index is 13.4. The van der Waals surface area contributed by atoms with Crippen LogP contribution in [0.2, 0.25) is 0 Å². The lowest BCUT2D eigenvalue weighted by Crippen LogP contribution is -2.39. The first kappa shape index (κ1) is 21.3. The molecule has 0 spiro atoms. The van der Waals surface area contributed by atoms with Gasteiger partial charge in [-0.15, -0.1) is 0 Å². The van der Waals surface area contributed by atoms with Crippen molar-refractivity contribution in [2.24, 2.45) is 4.99 Å². The van der Waals surface area contributed by atoms with Crippen molar-refractivity contribution in [3.63, 3.8) is 0 Å². The fourth-order valence-electron chi connectivity index (χ4n) is 3.43. The van der Waals surface area contributed by atoms with Crippen molar-refractivity contribution in [2.45, 2.75) is 19.9 Å². The lowest BCUT2D eigenvalue weighted by Gasteiger charge is -2.24. The highest BCUT2D eigenvalue weighted by Gasteiger charge is 2.33. The Morgan fingerprint density at radius 1 is 1.29 bits per heavy atom. The number of rotatable bonds is 5. The van der Waals surface area contributed by atoms with Gasteiger partial charge in [0.2, 0.25) is 0 Å². The van der Waals surface area contributed by atoms with Gasteiger partial charge in [0, 0.05) is 6.08 Å². The van der Waals surface area contributed by atoms with Crippen LogP contribution in [0, 0.1) is 0 Å². The lowest BCUT2D eigenvalue weighted by molar-refractivity contribution is -0.139. The van der Waals surface area contributed by atoms with Gasteiger partial charge in [-0.05, 0) is 59.6 Å². The molecule has 0 bridgehead atoms. The zero-order chi connectivity index (χ0) is 22.1. The van der Waals surface area contributed by atoms with E-state index >= 15 is 0 Å². The topological polar surface area (TPSA) is 83.0 Å². The number of thiazole rings is 1. The van der Waals surface area contributed by atoms with Gasteiger partial charge in [0.05, 0.1) is 35.6 Å². The monoisotopic (exact) mass is 502 g/mol. The molecule has 0 N–H and O–H groups in total. The van der Waals surface area contributed by atoms with E-state index in [0.29, 0.717) is 36.8 Å². The summed E-state index contributed by atoms with van der Waals surface area (Å²) in [6, 6.07) is 10.1. The van der Waals surface area contributed by atoms with Gasteiger partial charge < -0.3 is 13.9 Å². The molecule has 7 nitrogen and oxygen atoms in total. The number of benzene rings is 1. The van der Waals surface area contributed by atoms with Crippen LogP contribution >= 0.6 is 27.3 Å². The highest BCUT2D eigenvalue weighted by Crippen LogP contribution is 2.31. The van der Waals surface area contributed by atoms with E-state index in [1.807, 2.05) is 12.1 Å². The van der Waals surface area contributed by atoms with Gasteiger partial charge in [0.15, 0.2) is 9.47 Å². The zero-order valence-corrected chi connectivity index (χ0v) is 19.5. The van der Waals surface area contributed by atoms with E-state index in [0.717, 1.165) is 5.56 Å². The van der Waals surface area contributed by atoms with Crippen LogP contribution in [-0.4, -0.2) is 24.3 Å².